The van der Waals surface area contributed by atoms with Crippen LogP contribution in [0.2, 0.25) is 0 Å². The van der Waals surface area contributed by atoms with Crippen molar-refractivity contribution >= 4 is 0 Å². The van der Waals surface area contributed by atoms with Gasteiger partial charge in [-0.15, -0.1) is 5.10 Å². The zero-order valence-corrected chi connectivity index (χ0v) is 6.25. The lowest BCUT2D eigenvalue weighted by Gasteiger charge is -2.07. The third-order valence-corrected chi connectivity index (χ3v) is 1.22. The van der Waals surface area contributed by atoms with E-state index < -0.39 is 5.92 Å². The van der Waals surface area contributed by atoms with Crippen LogP contribution in [0.5, 0.6) is 0 Å². The van der Waals surface area contributed by atoms with Crippen LogP contribution in [0, 0.1) is 0 Å². The lowest BCUT2D eigenvalue weighted by Crippen LogP contribution is -2.16. The first-order chi connectivity index (χ1) is 5.05. The molecule has 0 aliphatic rings. The molecule has 1 heterocycles. The van der Waals surface area contributed by atoms with E-state index in [0.717, 1.165) is 11.6 Å². The summed E-state index contributed by atoms with van der Waals surface area (Å²) in [5.74, 6) is -3.35. The van der Waals surface area contributed by atoms with Gasteiger partial charge in [0, 0.05) is 13.5 Å². The molecule has 1 aromatic heterocycles. The molecule has 0 amide bonds. The first-order valence-electron chi connectivity index (χ1n) is 3.20. The van der Waals surface area contributed by atoms with Gasteiger partial charge in [0.15, 0.2) is 0 Å². The van der Waals surface area contributed by atoms with Crippen molar-refractivity contribution in [3.05, 3.63) is 5.82 Å². The van der Waals surface area contributed by atoms with Crippen molar-refractivity contribution in [3.8, 4) is 0 Å². The average molecular weight is 162 g/mol. The van der Waals surface area contributed by atoms with E-state index in [1.807, 2.05) is 0 Å². The van der Waals surface area contributed by atoms with Crippen LogP contribution < -0.4 is 0 Å². The summed E-state index contributed by atoms with van der Waals surface area (Å²) in [6.07, 6.45) is 0. The molecular formula is C5H8F2N4. The molecule has 0 aliphatic heterocycles. The lowest BCUT2D eigenvalue weighted by atomic mass is 10.4. The number of nitrogens with zero attached hydrogens (tertiary/aromatic N) is 4. The van der Waals surface area contributed by atoms with Crippen LogP contribution in [-0.2, 0) is 12.5 Å². The van der Waals surface area contributed by atoms with Gasteiger partial charge >= 0.3 is 5.92 Å². The monoisotopic (exact) mass is 162 g/mol. The number of halogens is 2. The Kier molecular flexibility index (Phi) is 1.84. The highest BCUT2D eigenvalue weighted by atomic mass is 19.3. The predicted octanol–water partition coefficient (Wildman–Crippen LogP) is 0.805. The fourth-order valence-corrected chi connectivity index (χ4v) is 0.732. The molecule has 0 spiro atoms. The smallest absolute Gasteiger partial charge is 0.225 e. The van der Waals surface area contributed by atoms with E-state index in [-0.39, 0.29) is 5.82 Å². The van der Waals surface area contributed by atoms with Crippen molar-refractivity contribution in [1.29, 1.82) is 0 Å². The normalized spacial score (nSPS) is 12.0. The van der Waals surface area contributed by atoms with Crippen LogP contribution in [0.25, 0.3) is 0 Å². The van der Waals surface area contributed by atoms with Crippen molar-refractivity contribution in [2.45, 2.75) is 26.3 Å². The highest BCUT2D eigenvalue weighted by molar-refractivity contribution is 4.89. The summed E-state index contributed by atoms with van der Waals surface area (Å²) in [5.41, 5.74) is 0. The zero-order chi connectivity index (χ0) is 8.48. The first kappa shape index (κ1) is 8.03. The van der Waals surface area contributed by atoms with E-state index in [2.05, 4.69) is 15.5 Å². The molecule has 11 heavy (non-hydrogen) atoms. The van der Waals surface area contributed by atoms with Crippen LogP contribution in [-0.4, -0.2) is 20.2 Å². The first-order valence-corrected chi connectivity index (χ1v) is 3.20. The average Bonchev–Trinajstić information content (AvgIpc) is 2.31. The van der Waals surface area contributed by atoms with Gasteiger partial charge in [0.1, 0.15) is 0 Å². The molecule has 0 unspecified atom stereocenters. The third-order valence-electron chi connectivity index (χ3n) is 1.22. The largest absolute Gasteiger partial charge is 0.305 e. The summed E-state index contributed by atoms with van der Waals surface area (Å²) in [6.45, 7) is 2.82. The van der Waals surface area contributed by atoms with E-state index in [4.69, 9.17) is 0 Å². The molecule has 0 fully saturated rings. The summed E-state index contributed by atoms with van der Waals surface area (Å²) in [5, 5.41) is 9.73. The molecule has 0 bridgehead atoms. The predicted molar refractivity (Wildman–Crippen MR) is 33.1 cm³/mol. The number of tetrazole rings is 1. The molecule has 0 saturated heterocycles. The fraction of sp³-hybridized carbons (Fsp3) is 0.800. The van der Waals surface area contributed by atoms with Crippen LogP contribution in [0.1, 0.15) is 19.7 Å². The molecule has 0 N–H and O–H groups in total. The molecule has 1 rings (SSSR count). The number of hydrogen-bond donors (Lipinski definition) is 0. The molecule has 62 valence electrons. The van der Waals surface area contributed by atoms with Gasteiger partial charge in [-0.2, -0.15) is 8.78 Å². The van der Waals surface area contributed by atoms with Gasteiger partial charge in [-0.05, 0) is 17.4 Å². The number of aromatic nitrogens is 4. The SMILES string of the molecule is CCn1nnnc1C(C)(F)F. The van der Waals surface area contributed by atoms with Gasteiger partial charge < -0.3 is 0 Å². The minimum absolute atomic E-state index is 0.353. The van der Waals surface area contributed by atoms with E-state index in [1.165, 1.54) is 0 Å². The minimum Gasteiger partial charge on any atom is -0.225 e. The number of hydrogen-bond acceptors (Lipinski definition) is 3. The Morgan fingerprint density at radius 3 is 2.55 bits per heavy atom. The second-order valence-electron chi connectivity index (χ2n) is 2.21. The summed E-state index contributed by atoms with van der Waals surface area (Å²) in [6, 6.07) is 0. The molecule has 0 aliphatic carbocycles. The fourth-order valence-electron chi connectivity index (χ4n) is 0.732. The molecule has 4 nitrogen and oxygen atoms in total. The van der Waals surface area contributed by atoms with E-state index in [9.17, 15) is 8.78 Å². The maximum Gasteiger partial charge on any atom is 0.305 e. The molecule has 1 aromatic rings. The summed E-state index contributed by atoms with van der Waals surface area (Å²) < 4.78 is 26.2. The zero-order valence-electron chi connectivity index (χ0n) is 6.25. The van der Waals surface area contributed by atoms with Crippen molar-refractivity contribution in [2.24, 2.45) is 0 Å². The van der Waals surface area contributed by atoms with Crippen LogP contribution in [0.15, 0.2) is 0 Å². The topological polar surface area (TPSA) is 43.6 Å². The van der Waals surface area contributed by atoms with Gasteiger partial charge in [-0.3, -0.25) is 0 Å². The van der Waals surface area contributed by atoms with E-state index in [0.29, 0.717) is 6.54 Å². The minimum atomic E-state index is -2.96. The van der Waals surface area contributed by atoms with E-state index >= 15 is 0 Å². The van der Waals surface area contributed by atoms with Crippen LogP contribution in [0.4, 0.5) is 8.78 Å². The lowest BCUT2D eigenvalue weighted by molar-refractivity contribution is 0.00298. The highest BCUT2D eigenvalue weighted by Gasteiger charge is 2.31. The van der Waals surface area contributed by atoms with Crippen molar-refractivity contribution in [2.75, 3.05) is 0 Å². The molecular weight excluding hydrogens is 154 g/mol. The van der Waals surface area contributed by atoms with Gasteiger partial charge in [0.25, 0.3) is 0 Å². The Morgan fingerprint density at radius 1 is 1.55 bits per heavy atom. The number of rotatable bonds is 2. The Labute approximate surface area is 62.2 Å². The molecule has 0 radical (unpaired) electrons. The van der Waals surface area contributed by atoms with Crippen LogP contribution >= 0.6 is 0 Å². The second kappa shape index (κ2) is 2.52. The quantitative estimate of drug-likeness (QED) is 0.646. The maximum absolute atomic E-state index is 12.6. The summed E-state index contributed by atoms with van der Waals surface area (Å²) >= 11 is 0. The Morgan fingerprint density at radius 2 is 2.18 bits per heavy atom. The van der Waals surface area contributed by atoms with Crippen LogP contribution in [0.3, 0.4) is 0 Å². The van der Waals surface area contributed by atoms with Crippen molar-refractivity contribution < 1.29 is 8.78 Å². The Balaban J connectivity index is 3.02. The second-order valence-corrected chi connectivity index (χ2v) is 2.21. The van der Waals surface area contributed by atoms with Gasteiger partial charge in [0.2, 0.25) is 5.82 Å². The van der Waals surface area contributed by atoms with E-state index in [1.54, 1.807) is 6.92 Å². The Bertz CT molecular complexity index is 239. The molecule has 0 saturated carbocycles. The summed E-state index contributed by atoms with van der Waals surface area (Å²) in [4.78, 5) is 0. The maximum atomic E-state index is 12.6. The van der Waals surface area contributed by atoms with Gasteiger partial charge in [-0.1, -0.05) is 0 Å². The number of alkyl halides is 2. The highest BCUT2D eigenvalue weighted by Crippen LogP contribution is 2.23. The van der Waals surface area contributed by atoms with Gasteiger partial charge in [0.05, 0.1) is 0 Å². The molecule has 0 aromatic carbocycles. The molecule has 6 heteroatoms. The summed E-state index contributed by atoms with van der Waals surface area (Å²) in [7, 11) is 0. The molecule has 0 atom stereocenters. The van der Waals surface area contributed by atoms with Crippen molar-refractivity contribution in [3.63, 3.8) is 0 Å². The standard InChI is InChI=1S/C5H8F2N4/c1-3-11-4(5(2,6)7)8-9-10-11/h3H2,1-2H3. The number of aryl methyl sites for hydroxylation is 1. The third kappa shape index (κ3) is 1.50. The van der Waals surface area contributed by atoms with Gasteiger partial charge in [-0.25, -0.2) is 4.68 Å². The van der Waals surface area contributed by atoms with Crippen molar-refractivity contribution in [1.82, 2.24) is 20.2 Å². The Hall–Kier alpha value is -1.07.